The maximum Gasteiger partial charge on any atom is 0.410 e. The van der Waals surface area contributed by atoms with Crippen molar-refractivity contribution in [3.05, 3.63) is 106 Å². The molecule has 2 amide bonds. The maximum atomic E-state index is 14.2. The first-order valence-electron chi connectivity index (χ1n) is 22.0. The monoisotopic (exact) mass is 830 g/mol. The van der Waals surface area contributed by atoms with Gasteiger partial charge in [0.1, 0.15) is 24.6 Å². The quantitative estimate of drug-likeness (QED) is 0.181. The van der Waals surface area contributed by atoms with E-state index in [0.29, 0.717) is 56.8 Å². The van der Waals surface area contributed by atoms with Gasteiger partial charge in [0.25, 0.3) is 0 Å². The molecule has 0 saturated carbocycles. The second-order valence-electron chi connectivity index (χ2n) is 20.5. The lowest BCUT2D eigenvalue weighted by Gasteiger charge is -2.52. The summed E-state index contributed by atoms with van der Waals surface area (Å²) in [6, 6.07) is 17.8. The molecule has 4 aliphatic rings. The summed E-state index contributed by atoms with van der Waals surface area (Å²) in [7, 11) is 0. The van der Waals surface area contributed by atoms with Gasteiger partial charge in [-0.2, -0.15) is 10.2 Å². The van der Waals surface area contributed by atoms with Crippen molar-refractivity contribution in [1.82, 2.24) is 29.4 Å². The van der Waals surface area contributed by atoms with Crippen LogP contribution >= 0.6 is 0 Å². The molecule has 2 aromatic heterocycles. The smallest absolute Gasteiger partial charge is 0.410 e. The van der Waals surface area contributed by atoms with Gasteiger partial charge in [0.2, 0.25) is 0 Å². The van der Waals surface area contributed by atoms with E-state index in [1.165, 1.54) is 0 Å². The van der Waals surface area contributed by atoms with Crippen molar-refractivity contribution in [2.75, 3.05) is 26.2 Å². The highest BCUT2D eigenvalue weighted by molar-refractivity contribution is 6.01. The Kier molecular flexibility index (Phi) is 10.8. The zero-order chi connectivity index (χ0) is 43.5. The van der Waals surface area contributed by atoms with Gasteiger partial charge in [-0.1, -0.05) is 75.4 Å². The molecule has 4 heterocycles. The highest BCUT2D eigenvalue weighted by Crippen LogP contribution is 2.54. The molecule has 324 valence electrons. The number of carbonyl (C=O) groups is 4. The fraction of sp³-hybridized carbons (Fsp3) is 0.551. The van der Waals surface area contributed by atoms with Crippen molar-refractivity contribution in [3.8, 4) is 0 Å². The van der Waals surface area contributed by atoms with Crippen molar-refractivity contribution < 1.29 is 28.7 Å². The van der Waals surface area contributed by atoms with Crippen LogP contribution in [-0.2, 0) is 53.0 Å². The third-order valence-corrected chi connectivity index (χ3v) is 14.8. The number of rotatable bonds is 7. The van der Waals surface area contributed by atoms with Gasteiger partial charge in [0.05, 0.1) is 11.1 Å². The molecule has 2 aliphatic heterocycles. The van der Waals surface area contributed by atoms with Gasteiger partial charge in [-0.25, -0.2) is 9.59 Å². The molecule has 12 nitrogen and oxygen atoms in total. The van der Waals surface area contributed by atoms with Crippen LogP contribution in [0.2, 0.25) is 0 Å². The number of ketones is 2. The Labute approximate surface area is 359 Å². The number of Topliss-reactive ketones (excluding diaryl/α,β-unsaturated/α-hetero) is 2. The van der Waals surface area contributed by atoms with Gasteiger partial charge in [-0.15, -0.1) is 0 Å². The Hall–Kier alpha value is -5.26. The molecule has 2 fully saturated rings. The minimum Gasteiger partial charge on any atom is -0.445 e. The number of ether oxygens (including phenoxy) is 2. The molecule has 0 radical (unpaired) electrons. The minimum atomic E-state index is -0.629. The van der Waals surface area contributed by atoms with Gasteiger partial charge >= 0.3 is 12.2 Å². The summed E-state index contributed by atoms with van der Waals surface area (Å²) in [5, 5.41) is 9.60. The van der Waals surface area contributed by atoms with Crippen LogP contribution in [0.25, 0.3) is 0 Å². The Morgan fingerprint density at radius 1 is 0.689 bits per heavy atom. The Balaban J connectivity index is 0.840. The van der Waals surface area contributed by atoms with Gasteiger partial charge in [-0.3, -0.25) is 19.0 Å². The highest BCUT2D eigenvalue weighted by atomic mass is 16.6. The molecule has 8 rings (SSSR count). The van der Waals surface area contributed by atoms with Crippen molar-refractivity contribution in [1.29, 1.82) is 0 Å². The molecule has 1 atom stereocenters. The number of fused-ring (bicyclic) bond motifs is 2. The van der Waals surface area contributed by atoms with Crippen molar-refractivity contribution in [2.45, 2.75) is 125 Å². The fourth-order valence-corrected chi connectivity index (χ4v) is 10.3. The summed E-state index contributed by atoms with van der Waals surface area (Å²) in [6.45, 7) is 19.3. The van der Waals surface area contributed by atoms with Crippen LogP contribution < -0.4 is 0 Å². The SMILES string of the molecule is CC1C(=O)c2nn(C(C)(C)C)cc2CC12CCN(C(=O)OCc1ccc(CC(C)(C)n3cc4c(n3)C(=O)C(C)(C)C3(CCN(C(=O)OCc5ccccc5)CC3)C4)cc1)CC2. The van der Waals surface area contributed by atoms with Crippen molar-refractivity contribution >= 4 is 23.8 Å². The van der Waals surface area contributed by atoms with Crippen LogP contribution in [0.5, 0.6) is 0 Å². The lowest BCUT2D eigenvalue weighted by atomic mass is 9.53. The molecule has 4 aromatic rings. The Morgan fingerprint density at radius 2 is 1.20 bits per heavy atom. The van der Waals surface area contributed by atoms with Gasteiger partial charge in [0.15, 0.2) is 11.6 Å². The molecule has 2 spiro atoms. The predicted octanol–water partition coefficient (Wildman–Crippen LogP) is 8.79. The molecule has 12 heteroatoms. The van der Waals surface area contributed by atoms with Crippen LogP contribution in [0.15, 0.2) is 67.0 Å². The van der Waals surface area contributed by atoms with E-state index in [1.54, 1.807) is 9.80 Å². The lowest BCUT2D eigenvalue weighted by molar-refractivity contribution is -0.00430. The summed E-state index contributed by atoms with van der Waals surface area (Å²) < 4.78 is 15.3. The second kappa shape index (κ2) is 15.6. The number of likely N-dealkylation sites (tertiary alicyclic amines) is 2. The van der Waals surface area contributed by atoms with E-state index in [2.05, 4.69) is 58.0 Å². The van der Waals surface area contributed by atoms with Crippen LogP contribution in [0, 0.1) is 22.2 Å². The molecule has 2 aliphatic carbocycles. The third kappa shape index (κ3) is 7.91. The molecular weight excluding hydrogens is 769 g/mol. The topological polar surface area (TPSA) is 129 Å². The highest BCUT2D eigenvalue weighted by Gasteiger charge is 2.56. The first-order chi connectivity index (χ1) is 28.8. The minimum absolute atomic E-state index is 0.0629. The molecule has 0 N–H and O–H groups in total. The van der Waals surface area contributed by atoms with Crippen molar-refractivity contribution in [2.24, 2.45) is 22.2 Å². The van der Waals surface area contributed by atoms with E-state index in [-0.39, 0.29) is 59.3 Å². The number of hydrogen-bond acceptors (Lipinski definition) is 8. The number of benzene rings is 2. The van der Waals surface area contributed by atoms with Gasteiger partial charge in [0, 0.05) is 61.0 Å². The van der Waals surface area contributed by atoms with Gasteiger partial charge in [-0.05, 0) is 107 Å². The lowest BCUT2D eigenvalue weighted by Crippen LogP contribution is -2.55. The average molecular weight is 831 g/mol. The maximum absolute atomic E-state index is 14.2. The van der Waals surface area contributed by atoms with Gasteiger partial charge < -0.3 is 19.3 Å². The number of nitrogens with zero attached hydrogens (tertiary/aromatic N) is 6. The third-order valence-electron chi connectivity index (χ3n) is 14.8. The Bertz CT molecular complexity index is 2300. The molecule has 2 saturated heterocycles. The average Bonchev–Trinajstić information content (AvgIpc) is 3.87. The van der Waals surface area contributed by atoms with Crippen LogP contribution in [0.1, 0.15) is 130 Å². The van der Waals surface area contributed by atoms with E-state index in [9.17, 15) is 19.2 Å². The zero-order valence-electron chi connectivity index (χ0n) is 37.3. The second-order valence-corrected chi connectivity index (χ2v) is 20.5. The largest absolute Gasteiger partial charge is 0.445 e. The summed E-state index contributed by atoms with van der Waals surface area (Å²) in [5.74, 6) is 0.0233. The van der Waals surface area contributed by atoms with Crippen molar-refractivity contribution in [3.63, 3.8) is 0 Å². The number of amides is 2. The molecule has 0 bridgehead atoms. The molecule has 61 heavy (non-hydrogen) atoms. The predicted molar refractivity (Wildman–Crippen MR) is 231 cm³/mol. The first-order valence-corrected chi connectivity index (χ1v) is 22.0. The fourth-order valence-electron chi connectivity index (χ4n) is 10.3. The molecule has 1 unspecified atom stereocenters. The zero-order valence-corrected chi connectivity index (χ0v) is 37.3. The number of aromatic nitrogens is 4. The summed E-state index contributed by atoms with van der Waals surface area (Å²) in [5.41, 5.74) is 4.41. The normalized spacial score (nSPS) is 20.7. The van der Waals surface area contributed by atoms with Crippen LogP contribution in [-0.4, -0.2) is 79.3 Å². The van der Waals surface area contributed by atoms with E-state index < -0.39 is 11.0 Å². The molecule has 2 aromatic carbocycles. The number of piperidine rings is 2. The number of carbonyl (C=O) groups excluding carboxylic acids is 4. The summed E-state index contributed by atoms with van der Waals surface area (Å²) >= 11 is 0. The van der Waals surface area contributed by atoms with Crippen LogP contribution in [0.4, 0.5) is 9.59 Å². The van der Waals surface area contributed by atoms with E-state index in [4.69, 9.17) is 14.6 Å². The van der Waals surface area contributed by atoms with Crippen LogP contribution in [0.3, 0.4) is 0 Å². The summed E-state index contributed by atoms with van der Waals surface area (Å²) in [6.07, 6.45) is 8.61. The number of hydrogen-bond donors (Lipinski definition) is 0. The van der Waals surface area contributed by atoms with E-state index >= 15 is 0 Å². The van der Waals surface area contributed by atoms with E-state index in [1.807, 2.05) is 78.8 Å². The Morgan fingerprint density at radius 3 is 1.79 bits per heavy atom. The molecular formula is C49H62N6O6. The summed E-state index contributed by atoms with van der Waals surface area (Å²) in [4.78, 5) is 57.4. The first kappa shape index (κ1) is 42.4. The standard InChI is InChI=1S/C49H62N6O6/c1-33-41(56)39-37(29-54(50-39)45(2,3)4)27-48(33)18-22-52(23-19-48)43(58)61-32-36-16-14-34(15-17-36)26-46(5,6)55-30-38-28-49(47(7,8)42(57)40(38)51-55)20-24-53(25-21-49)44(59)60-31-35-12-10-9-11-13-35/h9-17,29-30,33H,18-28,31-32H2,1-8H3. The van der Waals surface area contributed by atoms with E-state index in [0.717, 1.165) is 53.5 Å².